The Kier molecular flexibility index (Phi) is 51.7. The van der Waals surface area contributed by atoms with E-state index < -0.39 is 26.5 Å². The number of carbonyl (C=O) groups is 2. The summed E-state index contributed by atoms with van der Waals surface area (Å²) in [7, 11) is 1.49. The Morgan fingerprint density at radius 1 is 0.429 bits per heavy atom. The van der Waals surface area contributed by atoms with Crippen molar-refractivity contribution in [3.05, 3.63) is 12.2 Å². The van der Waals surface area contributed by atoms with Crippen molar-refractivity contribution < 1.29 is 42.1 Å². The van der Waals surface area contributed by atoms with E-state index >= 15 is 0 Å². The minimum Gasteiger partial charge on any atom is -0.462 e. The van der Waals surface area contributed by atoms with Crippen LogP contribution in [0.2, 0.25) is 0 Å². The highest BCUT2D eigenvalue weighted by Gasteiger charge is 2.27. The number of quaternary nitrogens is 1. The zero-order valence-corrected chi connectivity index (χ0v) is 48.2. The number of likely N-dealkylation sites (N-methyl/N-ethyl adjacent to an activating group) is 1. The van der Waals surface area contributed by atoms with Crippen molar-refractivity contribution in [2.24, 2.45) is 0 Å². The third-order valence-corrected chi connectivity index (χ3v) is 14.8. The van der Waals surface area contributed by atoms with Crippen molar-refractivity contribution in [3.8, 4) is 0 Å². The van der Waals surface area contributed by atoms with Crippen LogP contribution in [0.3, 0.4) is 0 Å². The largest absolute Gasteiger partial charge is 0.472 e. The fourth-order valence-corrected chi connectivity index (χ4v) is 9.80. The Hall–Kier alpha value is -1.25. The van der Waals surface area contributed by atoms with Crippen molar-refractivity contribution in [1.29, 1.82) is 0 Å². The number of esters is 2. The zero-order chi connectivity index (χ0) is 51.3. The van der Waals surface area contributed by atoms with Gasteiger partial charge in [-0.15, -0.1) is 0 Å². The summed E-state index contributed by atoms with van der Waals surface area (Å²) >= 11 is 0. The molecule has 0 amide bonds. The van der Waals surface area contributed by atoms with E-state index in [1.165, 1.54) is 218 Å². The van der Waals surface area contributed by atoms with E-state index in [1.807, 2.05) is 21.1 Å². The highest BCUT2D eigenvalue weighted by molar-refractivity contribution is 7.47. The van der Waals surface area contributed by atoms with Crippen LogP contribution >= 0.6 is 7.82 Å². The molecule has 0 aliphatic carbocycles. The molecule has 9 nitrogen and oxygen atoms in total. The summed E-state index contributed by atoms with van der Waals surface area (Å²) in [6.45, 7) is 4.43. The highest BCUT2D eigenvalue weighted by atomic mass is 31.2. The highest BCUT2D eigenvalue weighted by Crippen LogP contribution is 2.43. The van der Waals surface area contributed by atoms with Crippen LogP contribution in [0.4, 0.5) is 0 Å². The summed E-state index contributed by atoms with van der Waals surface area (Å²) in [5.74, 6) is -0.794. The predicted molar refractivity (Wildman–Crippen MR) is 298 cm³/mol. The normalized spacial score (nSPS) is 13.3. The number of unbranched alkanes of at least 4 members (excludes halogenated alkanes) is 41. The number of phosphoric acid groups is 1. The number of phosphoric ester groups is 1. The molecule has 0 heterocycles. The average molecular weight is 1010 g/mol. The van der Waals surface area contributed by atoms with Gasteiger partial charge < -0.3 is 18.9 Å². The van der Waals surface area contributed by atoms with Gasteiger partial charge in [0.1, 0.15) is 19.8 Å². The Labute approximate surface area is 435 Å². The van der Waals surface area contributed by atoms with Crippen LogP contribution in [-0.2, 0) is 32.7 Å². The van der Waals surface area contributed by atoms with Crippen LogP contribution in [0.1, 0.15) is 309 Å². The molecule has 0 aliphatic rings. The fourth-order valence-electron chi connectivity index (χ4n) is 9.06. The summed E-state index contributed by atoms with van der Waals surface area (Å²) < 4.78 is 34.4. The molecule has 0 fully saturated rings. The maximum atomic E-state index is 12.7. The molecular weight excluding hydrogens is 894 g/mol. The standard InChI is InChI=1S/C60H118NO8P/c1-6-8-10-12-14-16-18-19-20-21-22-23-24-25-26-27-28-29-30-31-32-33-34-35-36-37-38-39-40-41-43-44-46-48-50-52-59(62)66-56-58(57-68-70(64,65)67-55-54-61(3,4)5)69-60(63)53-51-49-47-45-42-17-15-13-11-9-7-2/h13,15,58H,6-12,14,16-57H2,1-5H3/p+1/b15-13-. The molecule has 416 valence electrons. The third-order valence-electron chi connectivity index (χ3n) is 13.8. The number of carbonyl (C=O) groups excluding carboxylic acids is 2. The first kappa shape index (κ1) is 68.8. The first-order valence-corrected chi connectivity index (χ1v) is 31.9. The molecule has 70 heavy (non-hydrogen) atoms. The molecule has 2 unspecified atom stereocenters. The Bertz CT molecular complexity index is 1190. The number of allylic oxidation sites excluding steroid dienone is 2. The summed E-state index contributed by atoms with van der Waals surface area (Å²) in [4.78, 5) is 35.5. The molecule has 2 atom stereocenters. The molecule has 0 bridgehead atoms. The molecule has 0 aromatic heterocycles. The van der Waals surface area contributed by atoms with Crippen molar-refractivity contribution in [3.63, 3.8) is 0 Å². The van der Waals surface area contributed by atoms with Crippen molar-refractivity contribution in [1.82, 2.24) is 0 Å². The van der Waals surface area contributed by atoms with E-state index in [0.29, 0.717) is 23.9 Å². The molecule has 0 spiro atoms. The lowest BCUT2D eigenvalue weighted by molar-refractivity contribution is -0.870. The smallest absolute Gasteiger partial charge is 0.462 e. The van der Waals surface area contributed by atoms with Crippen molar-refractivity contribution >= 4 is 19.8 Å². The number of hydrogen-bond acceptors (Lipinski definition) is 7. The van der Waals surface area contributed by atoms with E-state index in [2.05, 4.69) is 26.0 Å². The van der Waals surface area contributed by atoms with Gasteiger partial charge in [-0.3, -0.25) is 18.6 Å². The minimum absolute atomic E-state index is 0.0334. The van der Waals surface area contributed by atoms with E-state index in [-0.39, 0.29) is 25.6 Å². The van der Waals surface area contributed by atoms with Gasteiger partial charge in [0.15, 0.2) is 6.10 Å². The summed E-state index contributed by atoms with van der Waals surface area (Å²) in [5.41, 5.74) is 0. The number of nitrogens with zero attached hydrogens (tertiary/aromatic N) is 1. The van der Waals surface area contributed by atoms with Crippen LogP contribution in [0.5, 0.6) is 0 Å². The predicted octanol–water partition coefficient (Wildman–Crippen LogP) is 18.8. The van der Waals surface area contributed by atoms with Crippen LogP contribution in [0, 0.1) is 0 Å². The average Bonchev–Trinajstić information content (AvgIpc) is 3.32. The molecule has 0 saturated heterocycles. The maximum absolute atomic E-state index is 12.7. The van der Waals surface area contributed by atoms with Gasteiger partial charge in [0.25, 0.3) is 0 Å². The molecule has 0 aliphatic heterocycles. The van der Waals surface area contributed by atoms with Gasteiger partial charge in [-0.25, -0.2) is 4.57 Å². The van der Waals surface area contributed by atoms with Gasteiger partial charge in [0.05, 0.1) is 27.7 Å². The molecule has 0 saturated carbocycles. The molecule has 1 N–H and O–H groups in total. The van der Waals surface area contributed by atoms with E-state index in [0.717, 1.165) is 57.8 Å². The summed E-state index contributed by atoms with van der Waals surface area (Å²) in [5, 5.41) is 0. The second-order valence-corrected chi connectivity index (χ2v) is 23.6. The number of rotatable bonds is 57. The molecule has 0 radical (unpaired) electrons. The topological polar surface area (TPSA) is 108 Å². The van der Waals surface area contributed by atoms with Crippen LogP contribution in [0.25, 0.3) is 0 Å². The van der Waals surface area contributed by atoms with E-state index in [4.69, 9.17) is 18.5 Å². The molecular formula is C60H119NO8P+. The quantitative estimate of drug-likeness (QED) is 0.0211. The van der Waals surface area contributed by atoms with Gasteiger partial charge in [-0.1, -0.05) is 276 Å². The van der Waals surface area contributed by atoms with Gasteiger partial charge >= 0.3 is 19.8 Å². The first-order chi connectivity index (χ1) is 34.0. The fraction of sp³-hybridized carbons (Fsp3) is 0.933. The van der Waals surface area contributed by atoms with Gasteiger partial charge in [0, 0.05) is 12.8 Å². The summed E-state index contributed by atoms with van der Waals surface area (Å²) in [6.07, 6.45) is 61.9. The van der Waals surface area contributed by atoms with Crippen LogP contribution < -0.4 is 0 Å². The Morgan fingerprint density at radius 3 is 1.10 bits per heavy atom. The second kappa shape index (κ2) is 52.6. The van der Waals surface area contributed by atoms with Crippen LogP contribution in [-0.4, -0.2) is 74.9 Å². The lowest BCUT2D eigenvalue weighted by Gasteiger charge is -2.24. The maximum Gasteiger partial charge on any atom is 0.472 e. The number of hydrogen-bond donors (Lipinski definition) is 1. The van der Waals surface area contributed by atoms with Gasteiger partial charge in [-0.2, -0.15) is 0 Å². The zero-order valence-electron chi connectivity index (χ0n) is 47.3. The lowest BCUT2D eigenvalue weighted by Crippen LogP contribution is -2.37. The second-order valence-electron chi connectivity index (χ2n) is 22.1. The van der Waals surface area contributed by atoms with Crippen LogP contribution in [0.15, 0.2) is 12.2 Å². The molecule has 10 heteroatoms. The third kappa shape index (κ3) is 56.1. The SMILES string of the molecule is CCCC/C=C\CCCCCCCC(=O)OC(COC(=O)CCCCCCCCCCCCCCCCCCCCCCCCCCCCCCCCCCCCC)COP(=O)(O)OCC[N+](C)(C)C. The Balaban J connectivity index is 3.84. The summed E-state index contributed by atoms with van der Waals surface area (Å²) in [6, 6.07) is 0. The van der Waals surface area contributed by atoms with Gasteiger partial charge in [-0.05, 0) is 32.1 Å². The Morgan fingerprint density at radius 2 is 0.743 bits per heavy atom. The van der Waals surface area contributed by atoms with Crippen molar-refractivity contribution in [2.75, 3.05) is 47.5 Å². The van der Waals surface area contributed by atoms with Gasteiger partial charge in [0.2, 0.25) is 0 Å². The molecule has 0 rings (SSSR count). The van der Waals surface area contributed by atoms with E-state index in [9.17, 15) is 19.0 Å². The lowest BCUT2D eigenvalue weighted by atomic mass is 10.0. The molecule has 0 aromatic rings. The molecule has 0 aromatic carbocycles. The first-order valence-electron chi connectivity index (χ1n) is 30.4. The van der Waals surface area contributed by atoms with Crippen molar-refractivity contribution in [2.45, 2.75) is 315 Å². The van der Waals surface area contributed by atoms with E-state index in [1.54, 1.807) is 0 Å². The minimum atomic E-state index is -4.38. The number of ether oxygens (including phenoxy) is 2. The monoisotopic (exact) mass is 1010 g/mol.